The van der Waals surface area contributed by atoms with Gasteiger partial charge >= 0.3 is 6.03 Å². The first-order valence-corrected chi connectivity index (χ1v) is 11.8. The number of amides is 4. The van der Waals surface area contributed by atoms with Crippen molar-refractivity contribution in [2.45, 2.75) is 71.4 Å². The molecule has 1 aromatic carbocycles. The van der Waals surface area contributed by atoms with Crippen LogP contribution in [0.25, 0.3) is 10.9 Å². The van der Waals surface area contributed by atoms with Gasteiger partial charge in [-0.3, -0.25) is 9.59 Å². The molecular weight excluding hydrogens is 404 g/mol. The number of carbonyl (C=O) groups is 3. The Hall–Kier alpha value is -2.83. The van der Waals surface area contributed by atoms with Gasteiger partial charge in [-0.1, -0.05) is 51.8 Å². The number of carbonyl (C=O) groups excluding carboxylic acids is 3. The second-order valence-electron chi connectivity index (χ2n) is 9.60. The number of H-pyrrole nitrogens is 1. The highest BCUT2D eigenvalue weighted by Gasteiger charge is 2.60. The predicted octanol–water partition coefficient (Wildman–Crippen LogP) is 3.92. The van der Waals surface area contributed by atoms with Crippen LogP contribution < -0.4 is 5.32 Å². The Morgan fingerprint density at radius 2 is 1.97 bits per heavy atom. The first-order valence-electron chi connectivity index (χ1n) is 11.8. The van der Waals surface area contributed by atoms with Gasteiger partial charge in [0.2, 0.25) is 5.91 Å². The van der Waals surface area contributed by atoms with Gasteiger partial charge in [0.15, 0.2) is 5.54 Å². The molecule has 1 saturated heterocycles. The molecule has 2 atom stereocenters. The third-order valence-electron chi connectivity index (χ3n) is 6.89. The van der Waals surface area contributed by atoms with Gasteiger partial charge in [-0.05, 0) is 43.7 Å². The summed E-state index contributed by atoms with van der Waals surface area (Å²) in [6.07, 6.45) is 4.11. The number of unbranched alkanes of at least 4 members (excludes halogenated alkanes) is 2. The quantitative estimate of drug-likeness (QED) is 0.484. The van der Waals surface area contributed by atoms with Crippen molar-refractivity contribution in [3.8, 4) is 0 Å². The van der Waals surface area contributed by atoms with E-state index < -0.39 is 11.6 Å². The summed E-state index contributed by atoms with van der Waals surface area (Å²) in [6, 6.07) is 6.82. The number of para-hydroxylation sites is 1. The second kappa shape index (κ2) is 8.60. The highest BCUT2D eigenvalue weighted by molar-refractivity contribution is 6.11. The maximum absolute atomic E-state index is 13.9. The Bertz CT molecular complexity index is 1040. The molecule has 3 heterocycles. The monoisotopic (exact) mass is 438 g/mol. The lowest BCUT2D eigenvalue weighted by atomic mass is 9.87. The van der Waals surface area contributed by atoms with Crippen LogP contribution in [0.3, 0.4) is 0 Å². The first-order chi connectivity index (χ1) is 15.3. The minimum atomic E-state index is -1.12. The number of hydrogen-bond donors (Lipinski definition) is 2. The molecule has 1 aromatic heterocycles. The third kappa shape index (κ3) is 3.48. The van der Waals surface area contributed by atoms with Crippen LogP contribution in [-0.4, -0.2) is 51.8 Å². The van der Waals surface area contributed by atoms with E-state index in [-0.39, 0.29) is 23.8 Å². The summed E-state index contributed by atoms with van der Waals surface area (Å²) in [6.45, 7) is 8.95. The van der Waals surface area contributed by atoms with Gasteiger partial charge in [-0.15, -0.1) is 0 Å². The Kier molecular flexibility index (Phi) is 6.01. The number of urea groups is 1. The zero-order valence-electron chi connectivity index (χ0n) is 19.5. The van der Waals surface area contributed by atoms with Gasteiger partial charge in [0.25, 0.3) is 5.91 Å². The topological polar surface area (TPSA) is 85.5 Å². The van der Waals surface area contributed by atoms with E-state index in [1.807, 2.05) is 45.0 Å². The van der Waals surface area contributed by atoms with E-state index in [0.29, 0.717) is 25.9 Å². The zero-order valence-corrected chi connectivity index (χ0v) is 19.5. The average molecular weight is 439 g/mol. The van der Waals surface area contributed by atoms with Gasteiger partial charge in [0.05, 0.1) is 5.69 Å². The fourth-order valence-corrected chi connectivity index (χ4v) is 5.17. The molecule has 0 aliphatic carbocycles. The average Bonchev–Trinajstić information content (AvgIpc) is 3.24. The summed E-state index contributed by atoms with van der Waals surface area (Å²) in [4.78, 5) is 46.8. The summed E-state index contributed by atoms with van der Waals surface area (Å²) < 4.78 is 0. The van der Waals surface area contributed by atoms with Crippen LogP contribution in [0.4, 0.5) is 4.79 Å². The van der Waals surface area contributed by atoms with Crippen LogP contribution in [0.5, 0.6) is 0 Å². The summed E-state index contributed by atoms with van der Waals surface area (Å²) >= 11 is 0. The molecule has 2 N–H and O–H groups in total. The van der Waals surface area contributed by atoms with Crippen molar-refractivity contribution in [3.63, 3.8) is 0 Å². The summed E-state index contributed by atoms with van der Waals surface area (Å²) in [5, 5.41) is 4.06. The minimum Gasteiger partial charge on any atom is -0.356 e. The molecule has 2 aliphatic rings. The minimum absolute atomic E-state index is 0.163. The van der Waals surface area contributed by atoms with Crippen molar-refractivity contribution in [1.29, 1.82) is 0 Å². The highest BCUT2D eigenvalue weighted by atomic mass is 16.2. The lowest BCUT2D eigenvalue weighted by Crippen LogP contribution is -2.51. The van der Waals surface area contributed by atoms with Crippen LogP contribution in [0.1, 0.15) is 64.6 Å². The van der Waals surface area contributed by atoms with Crippen LogP contribution >= 0.6 is 0 Å². The van der Waals surface area contributed by atoms with Crippen molar-refractivity contribution in [3.05, 3.63) is 35.5 Å². The van der Waals surface area contributed by atoms with Crippen molar-refractivity contribution < 1.29 is 14.4 Å². The predicted molar refractivity (Wildman–Crippen MR) is 124 cm³/mol. The number of nitrogens with one attached hydrogen (secondary N) is 2. The summed E-state index contributed by atoms with van der Waals surface area (Å²) in [7, 11) is 0. The van der Waals surface area contributed by atoms with E-state index in [0.717, 1.165) is 41.4 Å². The molecule has 4 amide bonds. The fraction of sp³-hybridized carbons (Fsp3) is 0.560. The number of aromatic nitrogens is 1. The standard InChI is InChI=1S/C25H34N4O3/c1-5-6-9-13-26-22(30)20(15-16(2)3)29-23(31)25(4)21-18(12-14-28(25)24(29)32)17-10-7-8-11-19(17)27-21/h7-8,10-11,16,20,27H,5-6,9,12-15H2,1-4H3,(H,26,30)/t20-,25+/m1/s1. The summed E-state index contributed by atoms with van der Waals surface area (Å²) in [5.74, 6) is -0.391. The second-order valence-corrected chi connectivity index (χ2v) is 9.60. The Balaban J connectivity index is 1.69. The Labute approximate surface area is 189 Å². The van der Waals surface area contributed by atoms with Crippen LogP contribution in [-0.2, 0) is 21.5 Å². The van der Waals surface area contributed by atoms with Crippen LogP contribution in [0.2, 0.25) is 0 Å². The number of fused-ring (bicyclic) bond motifs is 5. The molecule has 0 saturated carbocycles. The molecule has 4 rings (SSSR count). The van der Waals surface area contributed by atoms with E-state index in [2.05, 4.69) is 17.2 Å². The van der Waals surface area contributed by atoms with E-state index in [4.69, 9.17) is 0 Å². The van der Waals surface area contributed by atoms with Gasteiger partial charge in [-0.25, -0.2) is 9.69 Å². The fourth-order valence-electron chi connectivity index (χ4n) is 5.17. The van der Waals surface area contributed by atoms with Crippen molar-refractivity contribution in [1.82, 2.24) is 20.1 Å². The Morgan fingerprint density at radius 3 is 2.69 bits per heavy atom. The van der Waals surface area contributed by atoms with Gasteiger partial charge in [-0.2, -0.15) is 0 Å². The van der Waals surface area contributed by atoms with Crippen molar-refractivity contribution in [2.24, 2.45) is 5.92 Å². The lowest BCUT2D eigenvalue weighted by molar-refractivity contribution is -0.140. The third-order valence-corrected chi connectivity index (χ3v) is 6.89. The smallest absolute Gasteiger partial charge is 0.328 e. The van der Waals surface area contributed by atoms with Crippen LogP contribution in [0, 0.1) is 5.92 Å². The van der Waals surface area contributed by atoms with Gasteiger partial charge < -0.3 is 15.2 Å². The molecule has 32 heavy (non-hydrogen) atoms. The molecule has 1 fully saturated rings. The maximum Gasteiger partial charge on any atom is 0.328 e. The molecule has 172 valence electrons. The molecule has 0 spiro atoms. The molecule has 2 aromatic rings. The van der Waals surface area contributed by atoms with E-state index >= 15 is 0 Å². The molecule has 2 aliphatic heterocycles. The molecule has 7 heteroatoms. The number of imide groups is 1. The number of nitrogens with zero attached hydrogens (tertiary/aromatic N) is 2. The van der Waals surface area contributed by atoms with Crippen molar-refractivity contribution >= 4 is 28.7 Å². The van der Waals surface area contributed by atoms with Gasteiger partial charge in [0, 0.05) is 24.0 Å². The van der Waals surface area contributed by atoms with Crippen molar-refractivity contribution in [2.75, 3.05) is 13.1 Å². The molecule has 0 unspecified atom stereocenters. The SMILES string of the molecule is CCCCCNC(=O)[C@@H](CC(C)C)N1C(=O)N2CCc3c([nH]c4ccccc34)[C@@]2(C)C1=O. The Morgan fingerprint density at radius 1 is 1.22 bits per heavy atom. The molecular formula is C25H34N4O3. The summed E-state index contributed by atoms with van der Waals surface area (Å²) in [5.41, 5.74) is 1.71. The normalized spacial score (nSPS) is 21.3. The molecule has 0 radical (unpaired) electrons. The lowest BCUT2D eigenvalue weighted by Gasteiger charge is -2.36. The number of aromatic amines is 1. The van der Waals surface area contributed by atoms with E-state index in [9.17, 15) is 14.4 Å². The number of benzene rings is 1. The van der Waals surface area contributed by atoms with Gasteiger partial charge in [0.1, 0.15) is 6.04 Å². The highest BCUT2D eigenvalue weighted by Crippen LogP contribution is 2.44. The molecule has 7 nitrogen and oxygen atoms in total. The first kappa shape index (κ1) is 22.4. The van der Waals surface area contributed by atoms with E-state index in [1.54, 1.807) is 4.90 Å². The largest absolute Gasteiger partial charge is 0.356 e. The maximum atomic E-state index is 13.9. The molecule has 0 bridgehead atoms. The number of hydrogen-bond acceptors (Lipinski definition) is 3. The van der Waals surface area contributed by atoms with E-state index in [1.165, 1.54) is 4.90 Å². The van der Waals surface area contributed by atoms with Crippen LogP contribution in [0.15, 0.2) is 24.3 Å². The number of rotatable bonds is 8. The zero-order chi connectivity index (χ0) is 23.0.